The molecule has 45 heavy (non-hydrogen) atoms. The molecule has 1 saturated heterocycles. The Bertz CT molecular complexity index is 1600. The molecule has 2 amide bonds. The third kappa shape index (κ3) is 9.35. The average molecular weight is 639 g/mol. The van der Waals surface area contributed by atoms with E-state index in [0.717, 1.165) is 5.69 Å². The Morgan fingerprint density at radius 3 is 2.16 bits per heavy atom. The zero-order chi connectivity index (χ0) is 32.6. The first-order valence-electron chi connectivity index (χ1n) is 14.5. The van der Waals surface area contributed by atoms with Crippen LogP contribution in [0.3, 0.4) is 0 Å². The van der Waals surface area contributed by atoms with Crippen LogP contribution in [0.4, 0.5) is 21.9 Å². The molecule has 1 heterocycles. The highest BCUT2D eigenvalue weighted by molar-refractivity contribution is 7.92. The van der Waals surface area contributed by atoms with Gasteiger partial charge in [-0.15, -0.1) is 0 Å². The first-order valence-corrected chi connectivity index (χ1v) is 16.0. The lowest BCUT2D eigenvalue weighted by atomic mass is 10.1. The zero-order valence-corrected chi connectivity index (χ0v) is 26.6. The molecule has 13 heteroatoms. The van der Waals surface area contributed by atoms with Gasteiger partial charge in [0.2, 0.25) is 0 Å². The second kappa shape index (κ2) is 14.3. The summed E-state index contributed by atoms with van der Waals surface area (Å²) < 4.78 is 44.5. The van der Waals surface area contributed by atoms with Crippen molar-refractivity contribution < 1.29 is 37.0 Å². The normalized spacial score (nSPS) is 13.5. The summed E-state index contributed by atoms with van der Waals surface area (Å²) in [6.07, 6.45) is -0.335. The lowest BCUT2D eigenvalue weighted by Gasteiger charge is -2.36. The van der Waals surface area contributed by atoms with Gasteiger partial charge in [-0.2, -0.15) is 0 Å². The molecule has 0 unspecified atom stereocenters. The summed E-state index contributed by atoms with van der Waals surface area (Å²) in [7, 11) is -4.02. The molecule has 0 aliphatic carbocycles. The Kier molecular flexibility index (Phi) is 10.6. The summed E-state index contributed by atoms with van der Waals surface area (Å²) in [5.74, 6) is -0.839. The summed E-state index contributed by atoms with van der Waals surface area (Å²) >= 11 is 0. The van der Waals surface area contributed by atoms with Crippen molar-refractivity contribution in [2.75, 3.05) is 54.3 Å². The van der Waals surface area contributed by atoms with Crippen LogP contribution in [-0.4, -0.2) is 76.3 Å². The summed E-state index contributed by atoms with van der Waals surface area (Å²) in [5.41, 5.74) is 0.927. The van der Waals surface area contributed by atoms with Gasteiger partial charge in [-0.05, 0) is 76.2 Å². The van der Waals surface area contributed by atoms with Gasteiger partial charge in [-0.1, -0.05) is 18.2 Å². The standard InChI is InChI=1S/C32H38N4O8S/c1-5-42-29(37)22-43-25-15-16-27(28(21-25)34-45(40,41)26-9-7-6-8-10-26)33-30(38)23-11-13-24(14-12-23)35-17-19-36(20-18-35)31(39)44-32(2,3)4/h6-16,21,34H,5,17-20,22H2,1-4H3,(H,33,38). The van der Waals surface area contributed by atoms with Crippen LogP contribution in [0.5, 0.6) is 5.75 Å². The number of piperazine rings is 1. The number of anilines is 3. The third-order valence-corrected chi connectivity index (χ3v) is 8.01. The molecule has 3 aromatic rings. The van der Waals surface area contributed by atoms with E-state index < -0.39 is 27.5 Å². The smallest absolute Gasteiger partial charge is 0.410 e. The summed E-state index contributed by atoms with van der Waals surface area (Å²) in [4.78, 5) is 41.2. The fraction of sp³-hybridized carbons (Fsp3) is 0.344. The van der Waals surface area contributed by atoms with Crippen molar-refractivity contribution in [1.29, 1.82) is 0 Å². The Morgan fingerprint density at radius 2 is 1.53 bits per heavy atom. The number of hydrogen-bond donors (Lipinski definition) is 2. The van der Waals surface area contributed by atoms with E-state index in [9.17, 15) is 22.8 Å². The maximum absolute atomic E-state index is 13.2. The number of benzene rings is 3. The fourth-order valence-electron chi connectivity index (χ4n) is 4.45. The Hall–Kier alpha value is -4.78. The predicted octanol–water partition coefficient (Wildman–Crippen LogP) is 4.74. The van der Waals surface area contributed by atoms with Crippen LogP contribution < -0.4 is 19.7 Å². The second-order valence-electron chi connectivity index (χ2n) is 11.2. The molecule has 12 nitrogen and oxygen atoms in total. The molecule has 1 fully saturated rings. The number of sulfonamides is 1. The lowest BCUT2D eigenvalue weighted by Crippen LogP contribution is -2.50. The largest absolute Gasteiger partial charge is 0.482 e. The van der Waals surface area contributed by atoms with Crippen LogP contribution in [0.15, 0.2) is 77.7 Å². The van der Waals surface area contributed by atoms with Crippen LogP contribution in [0.2, 0.25) is 0 Å². The van der Waals surface area contributed by atoms with Crippen LogP contribution in [0.25, 0.3) is 0 Å². The number of amides is 2. The van der Waals surface area contributed by atoms with E-state index in [-0.39, 0.29) is 41.3 Å². The van der Waals surface area contributed by atoms with Crippen molar-refractivity contribution in [3.05, 3.63) is 78.4 Å². The number of carbonyl (C=O) groups is 3. The van der Waals surface area contributed by atoms with Crippen LogP contribution >= 0.6 is 0 Å². The molecule has 0 spiro atoms. The molecule has 0 aromatic heterocycles. The molecule has 1 aliphatic heterocycles. The highest BCUT2D eigenvalue weighted by atomic mass is 32.2. The second-order valence-corrected chi connectivity index (χ2v) is 12.9. The van der Waals surface area contributed by atoms with Gasteiger partial charge in [0.25, 0.3) is 15.9 Å². The first kappa shape index (κ1) is 33.1. The number of nitrogens with zero attached hydrogens (tertiary/aromatic N) is 2. The molecule has 0 radical (unpaired) electrons. The van der Waals surface area contributed by atoms with Gasteiger partial charge in [0.1, 0.15) is 11.4 Å². The molecule has 240 valence electrons. The van der Waals surface area contributed by atoms with Crippen molar-refractivity contribution in [2.45, 2.75) is 38.2 Å². The van der Waals surface area contributed by atoms with Crippen molar-refractivity contribution in [3.63, 3.8) is 0 Å². The maximum atomic E-state index is 13.2. The molecule has 0 saturated carbocycles. The molecule has 0 atom stereocenters. The summed E-state index contributed by atoms with van der Waals surface area (Å²) in [6, 6.07) is 19.2. The Balaban J connectivity index is 1.46. The minimum absolute atomic E-state index is 0.0302. The number of rotatable bonds is 10. The lowest BCUT2D eigenvalue weighted by molar-refractivity contribution is -0.145. The van der Waals surface area contributed by atoms with E-state index in [2.05, 4.69) is 14.9 Å². The quantitative estimate of drug-likeness (QED) is 0.301. The third-order valence-electron chi connectivity index (χ3n) is 6.63. The van der Waals surface area contributed by atoms with E-state index in [1.807, 2.05) is 32.9 Å². The van der Waals surface area contributed by atoms with E-state index in [0.29, 0.717) is 31.7 Å². The average Bonchev–Trinajstić information content (AvgIpc) is 3.01. The van der Waals surface area contributed by atoms with Gasteiger partial charge >= 0.3 is 12.1 Å². The Labute approximate surface area is 263 Å². The number of ether oxygens (including phenoxy) is 3. The van der Waals surface area contributed by atoms with Gasteiger partial charge < -0.3 is 29.3 Å². The zero-order valence-electron chi connectivity index (χ0n) is 25.7. The highest BCUT2D eigenvalue weighted by Crippen LogP contribution is 2.30. The predicted molar refractivity (Wildman–Crippen MR) is 170 cm³/mol. The van der Waals surface area contributed by atoms with Gasteiger partial charge in [0.05, 0.1) is 22.9 Å². The number of hydrogen-bond acceptors (Lipinski definition) is 9. The van der Waals surface area contributed by atoms with E-state index in [1.54, 1.807) is 42.2 Å². The molecule has 1 aliphatic rings. The molecule has 4 rings (SSSR count). The number of nitrogens with one attached hydrogen (secondary N) is 2. The monoisotopic (exact) mass is 638 g/mol. The minimum atomic E-state index is -4.02. The van der Waals surface area contributed by atoms with Crippen molar-refractivity contribution in [2.24, 2.45) is 0 Å². The molecule has 0 bridgehead atoms. The van der Waals surface area contributed by atoms with Gasteiger partial charge in [0, 0.05) is 43.5 Å². The topological polar surface area (TPSA) is 144 Å². The van der Waals surface area contributed by atoms with Crippen LogP contribution in [0, 0.1) is 0 Å². The maximum Gasteiger partial charge on any atom is 0.410 e. The van der Waals surface area contributed by atoms with E-state index in [4.69, 9.17) is 14.2 Å². The SMILES string of the molecule is CCOC(=O)COc1ccc(NC(=O)c2ccc(N3CCN(C(=O)OC(C)(C)C)CC3)cc2)c(NS(=O)(=O)c2ccccc2)c1. The fourth-order valence-corrected chi connectivity index (χ4v) is 5.54. The molecular formula is C32H38N4O8S. The van der Waals surface area contributed by atoms with Crippen LogP contribution in [0.1, 0.15) is 38.1 Å². The summed E-state index contributed by atoms with van der Waals surface area (Å²) in [5, 5.41) is 2.76. The molecular weight excluding hydrogens is 600 g/mol. The number of carbonyl (C=O) groups excluding carboxylic acids is 3. The highest BCUT2D eigenvalue weighted by Gasteiger charge is 2.26. The minimum Gasteiger partial charge on any atom is -0.482 e. The first-order chi connectivity index (χ1) is 21.3. The van der Waals surface area contributed by atoms with Crippen molar-refractivity contribution in [1.82, 2.24) is 4.90 Å². The van der Waals surface area contributed by atoms with Crippen molar-refractivity contribution in [3.8, 4) is 5.75 Å². The van der Waals surface area contributed by atoms with Gasteiger partial charge in [0.15, 0.2) is 6.61 Å². The van der Waals surface area contributed by atoms with E-state index in [1.165, 1.54) is 30.3 Å². The van der Waals surface area contributed by atoms with Gasteiger partial charge in [-0.3, -0.25) is 9.52 Å². The van der Waals surface area contributed by atoms with Crippen molar-refractivity contribution >= 4 is 45.1 Å². The van der Waals surface area contributed by atoms with Gasteiger partial charge in [-0.25, -0.2) is 18.0 Å². The van der Waals surface area contributed by atoms with Crippen LogP contribution in [-0.2, 0) is 24.3 Å². The molecule has 3 aromatic carbocycles. The Morgan fingerprint density at radius 1 is 0.867 bits per heavy atom. The number of esters is 1. The summed E-state index contributed by atoms with van der Waals surface area (Å²) in [6.45, 7) is 9.25. The van der Waals surface area contributed by atoms with E-state index >= 15 is 0 Å². The molecule has 2 N–H and O–H groups in total.